The van der Waals surface area contributed by atoms with E-state index in [0.29, 0.717) is 5.56 Å². The number of benzene rings is 2. The number of carbonyl (C=O) groups is 1. The van der Waals surface area contributed by atoms with E-state index < -0.39 is 0 Å². The number of nitrogens with zero attached hydrogens (tertiary/aromatic N) is 1. The predicted octanol–water partition coefficient (Wildman–Crippen LogP) is 5.21. The summed E-state index contributed by atoms with van der Waals surface area (Å²) in [5.41, 5.74) is 5.02. The highest BCUT2D eigenvalue weighted by atomic mass is 19.1. The van der Waals surface area contributed by atoms with Crippen LogP contribution in [0.15, 0.2) is 65.3 Å². The van der Waals surface area contributed by atoms with Gasteiger partial charge in [0.15, 0.2) is 0 Å². The zero-order valence-electron chi connectivity index (χ0n) is 14.4. The van der Waals surface area contributed by atoms with Crippen LogP contribution in [0.2, 0.25) is 0 Å². The lowest BCUT2D eigenvalue weighted by atomic mass is 10.1. The van der Waals surface area contributed by atoms with Crippen LogP contribution in [0.5, 0.6) is 0 Å². The predicted molar refractivity (Wildman–Crippen MR) is 101 cm³/mol. The van der Waals surface area contributed by atoms with E-state index >= 15 is 0 Å². The molecule has 130 valence electrons. The first-order chi connectivity index (χ1) is 12.2. The Hall–Kier alpha value is -2.75. The van der Waals surface area contributed by atoms with Crippen molar-refractivity contribution in [2.45, 2.75) is 32.6 Å². The van der Waals surface area contributed by atoms with E-state index in [2.05, 4.69) is 23.5 Å². The van der Waals surface area contributed by atoms with Crippen molar-refractivity contribution >= 4 is 18.2 Å². The van der Waals surface area contributed by atoms with Crippen LogP contribution in [0, 0.1) is 5.82 Å². The van der Waals surface area contributed by atoms with E-state index in [9.17, 15) is 9.18 Å². The van der Waals surface area contributed by atoms with Crippen LogP contribution >= 0.6 is 0 Å². The van der Waals surface area contributed by atoms with Gasteiger partial charge in [0.1, 0.15) is 5.82 Å². The minimum atomic E-state index is -0.371. The van der Waals surface area contributed by atoms with Gasteiger partial charge in [0.25, 0.3) is 5.91 Å². The van der Waals surface area contributed by atoms with Gasteiger partial charge in [0, 0.05) is 5.56 Å². The second-order valence-corrected chi connectivity index (χ2v) is 5.79. The van der Waals surface area contributed by atoms with Crippen LogP contribution < -0.4 is 5.43 Å². The molecule has 1 N–H and O–H groups in total. The maximum Gasteiger partial charge on any atom is 0.271 e. The molecule has 0 radical (unpaired) electrons. The number of rotatable bonds is 8. The fourth-order valence-corrected chi connectivity index (χ4v) is 2.36. The molecule has 0 saturated heterocycles. The summed E-state index contributed by atoms with van der Waals surface area (Å²) in [5, 5.41) is 4.06. The van der Waals surface area contributed by atoms with Crippen molar-refractivity contribution in [1.82, 2.24) is 5.43 Å². The molecule has 0 spiro atoms. The largest absolute Gasteiger partial charge is 0.271 e. The number of hydrazone groups is 1. The number of unbranched alkanes of at least 4 members (excludes halogenated alkanes) is 2. The summed E-state index contributed by atoms with van der Waals surface area (Å²) in [6.07, 6.45) is 8.04. The van der Waals surface area contributed by atoms with Crippen molar-refractivity contribution in [3.05, 3.63) is 77.1 Å². The zero-order valence-corrected chi connectivity index (χ0v) is 14.4. The molecule has 25 heavy (non-hydrogen) atoms. The quantitative estimate of drug-likeness (QED) is 0.401. The summed E-state index contributed by atoms with van der Waals surface area (Å²) < 4.78 is 12.9. The Morgan fingerprint density at radius 2 is 1.80 bits per heavy atom. The molecule has 0 aliphatic carbocycles. The second kappa shape index (κ2) is 10.2. The Morgan fingerprint density at radius 1 is 1.08 bits per heavy atom. The first-order valence-electron chi connectivity index (χ1n) is 8.53. The van der Waals surface area contributed by atoms with E-state index in [1.165, 1.54) is 24.3 Å². The lowest BCUT2D eigenvalue weighted by Crippen LogP contribution is -2.17. The summed E-state index contributed by atoms with van der Waals surface area (Å²) in [7, 11) is 0. The Morgan fingerprint density at radius 3 is 2.48 bits per heavy atom. The Bertz CT molecular complexity index is 721. The third kappa shape index (κ3) is 6.71. The maximum atomic E-state index is 12.9. The summed E-state index contributed by atoms with van der Waals surface area (Å²) in [4.78, 5) is 12.0. The molecule has 1 amide bonds. The molecule has 0 fully saturated rings. The third-order valence-corrected chi connectivity index (χ3v) is 3.72. The minimum Gasteiger partial charge on any atom is -0.267 e. The summed E-state index contributed by atoms with van der Waals surface area (Å²) >= 11 is 0. The van der Waals surface area contributed by atoms with Crippen LogP contribution in [-0.2, 0) is 0 Å². The highest BCUT2D eigenvalue weighted by Gasteiger charge is 2.03. The Balaban J connectivity index is 2.02. The standard InChI is InChI=1S/C21H23FN2O/c1-2-3-5-10-18(15-17-8-6-4-7-9-17)16-23-24-21(25)19-11-13-20(22)14-12-19/h4,6-9,11-16H,2-3,5,10H2,1H3,(H,24,25). The van der Waals surface area contributed by atoms with Crippen LogP contribution in [0.3, 0.4) is 0 Å². The smallest absolute Gasteiger partial charge is 0.267 e. The van der Waals surface area contributed by atoms with Crippen LogP contribution in [0.25, 0.3) is 6.08 Å². The highest BCUT2D eigenvalue weighted by Crippen LogP contribution is 2.12. The molecule has 3 nitrogen and oxygen atoms in total. The number of nitrogens with one attached hydrogen (secondary N) is 1. The van der Waals surface area contributed by atoms with Crippen LogP contribution in [0.1, 0.15) is 48.5 Å². The topological polar surface area (TPSA) is 41.5 Å². The number of hydrogen-bond acceptors (Lipinski definition) is 2. The molecule has 0 heterocycles. The second-order valence-electron chi connectivity index (χ2n) is 5.79. The molecule has 0 bridgehead atoms. The van der Waals surface area contributed by atoms with Gasteiger partial charge in [0.05, 0.1) is 6.21 Å². The van der Waals surface area contributed by atoms with E-state index in [4.69, 9.17) is 0 Å². The molecule has 2 aromatic carbocycles. The molecule has 0 atom stereocenters. The first-order valence-corrected chi connectivity index (χ1v) is 8.53. The van der Waals surface area contributed by atoms with Gasteiger partial charge < -0.3 is 0 Å². The van der Waals surface area contributed by atoms with Gasteiger partial charge in [-0.15, -0.1) is 0 Å². The number of carbonyl (C=O) groups excluding carboxylic acids is 1. The first kappa shape index (κ1) is 18.6. The summed E-state index contributed by atoms with van der Waals surface area (Å²) in [5.74, 6) is -0.729. The lowest BCUT2D eigenvalue weighted by Gasteiger charge is -2.03. The number of amides is 1. The maximum absolute atomic E-state index is 12.9. The van der Waals surface area contributed by atoms with Crippen molar-refractivity contribution in [2.24, 2.45) is 5.10 Å². The van der Waals surface area contributed by atoms with E-state index in [1.807, 2.05) is 30.3 Å². The molecule has 0 unspecified atom stereocenters. The molecular formula is C21H23FN2O. The molecule has 0 aromatic heterocycles. The molecular weight excluding hydrogens is 315 g/mol. The molecule has 0 saturated carbocycles. The lowest BCUT2D eigenvalue weighted by molar-refractivity contribution is 0.0955. The number of halogens is 1. The average Bonchev–Trinajstić information content (AvgIpc) is 2.63. The fraction of sp³-hybridized carbons (Fsp3) is 0.238. The highest BCUT2D eigenvalue weighted by molar-refractivity contribution is 5.95. The Kier molecular flexibility index (Phi) is 7.57. The monoisotopic (exact) mass is 338 g/mol. The van der Waals surface area contributed by atoms with Gasteiger partial charge in [-0.2, -0.15) is 5.10 Å². The Labute approximate surface area is 148 Å². The number of hydrogen-bond donors (Lipinski definition) is 1. The van der Waals surface area contributed by atoms with E-state index in [-0.39, 0.29) is 11.7 Å². The molecule has 4 heteroatoms. The van der Waals surface area contributed by atoms with Crippen molar-refractivity contribution in [3.63, 3.8) is 0 Å². The third-order valence-electron chi connectivity index (χ3n) is 3.72. The molecule has 0 aliphatic rings. The number of allylic oxidation sites excluding steroid dienone is 1. The van der Waals surface area contributed by atoms with Crippen LogP contribution in [0.4, 0.5) is 4.39 Å². The van der Waals surface area contributed by atoms with Gasteiger partial charge in [-0.25, -0.2) is 9.82 Å². The molecule has 0 aliphatic heterocycles. The van der Waals surface area contributed by atoms with Crippen molar-refractivity contribution in [1.29, 1.82) is 0 Å². The fourth-order valence-electron chi connectivity index (χ4n) is 2.36. The molecule has 2 rings (SSSR count). The van der Waals surface area contributed by atoms with Gasteiger partial charge in [-0.05, 0) is 48.2 Å². The normalized spacial score (nSPS) is 11.7. The van der Waals surface area contributed by atoms with Crippen LogP contribution in [-0.4, -0.2) is 12.1 Å². The van der Waals surface area contributed by atoms with E-state index in [0.717, 1.165) is 36.8 Å². The minimum absolute atomic E-state index is 0.358. The van der Waals surface area contributed by atoms with Gasteiger partial charge in [0.2, 0.25) is 0 Å². The SMILES string of the molecule is CCCCCC(C=NNC(=O)c1ccc(F)cc1)=Cc1ccccc1. The molecule has 2 aromatic rings. The van der Waals surface area contributed by atoms with Crippen molar-refractivity contribution in [3.8, 4) is 0 Å². The van der Waals surface area contributed by atoms with Crippen molar-refractivity contribution in [2.75, 3.05) is 0 Å². The van der Waals surface area contributed by atoms with Gasteiger partial charge in [-0.1, -0.05) is 56.2 Å². The van der Waals surface area contributed by atoms with E-state index in [1.54, 1.807) is 6.21 Å². The summed E-state index contributed by atoms with van der Waals surface area (Å²) in [6.45, 7) is 2.16. The van der Waals surface area contributed by atoms with Gasteiger partial charge in [-0.3, -0.25) is 4.79 Å². The van der Waals surface area contributed by atoms with Crippen molar-refractivity contribution < 1.29 is 9.18 Å². The van der Waals surface area contributed by atoms with Gasteiger partial charge >= 0.3 is 0 Å². The summed E-state index contributed by atoms with van der Waals surface area (Å²) in [6, 6.07) is 15.4. The zero-order chi connectivity index (χ0) is 17.9. The average molecular weight is 338 g/mol.